The van der Waals surface area contributed by atoms with Crippen molar-refractivity contribution in [2.75, 3.05) is 58.0 Å². The van der Waals surface area contributed by atoms with Crippen LogP contribution in [-0.4, -0.2) is 68.1 Å². The Bertz CT molecular complexity index is 1180. The topological polar surface area (TPSA) is 54.2 Å². The van der Waals surface area contributed by atoms with Crippen LogP contribution in [0.2, 0.25) is 0 Å². The van der Waals surface area contributed by atoms with Crippen molar-refractivity contribution in [1.29, 1.82) is 0 Å². The highest BCUT2D eigenvalue weighted by atomic mass is 19.4. The van der Waals surface area contributed by atoms with Crippen molar-refractivity contribution in [3.05, 3.63) is 59.9 Å². The van der Waals surface area contributed by atoms with E-state index in [1.807, 2.05) is 36.2 Å². The molecule has 0 saturated carbocycles. The molecule has 0 atom stereocenters. The van der Waals surface area contributed by atoms with Gasteiger partial charge in [-0.25, -0.2) is 0 Å². The first kappa shape index (κ1) is 24.5. The van der Waals surface area contributed by atoms with E-state index in [1.165, 1.54) is 12.1 Å². The highest BCUT2D eigenvalue weighted by Gasteiger charge is 2.31. The number of ether oxygens (including phenoxy) is 2. The summed E-state index contributed by atoms with van der Waals surface area (Å²) >= 11 is 0. The van der Waals surface area contributed by atoms with E-state index < -0.39 is 11.7 Å². The lowest BCUT2D eigenvalue weighted by molar-refractivity contribution is -0.137. The number of nitrogens with zero attached hydrogens (tertiary/aromatic N) is 4. The molecule has 0 spiro atoms. The van der Waals surface area contributed by atoms with E-state index in [2.05, 4.69) is 15.0 Å². The van der Waals surface area contributed by atoms with Crippen LogP contribution in [0.1, 0.15) is 17.7 Å². The maximum Gasteiger partial charge on any atom is 0.416 e. The van der Waals surface area contributed by atoms with Gasteiger partial charge in [0, 0.05) is 43.5 Å². The van der Waals surface area contributed by atoms with Gasteiger partial charge in [0.1, 0.15) is 5.69 Å². The monoisotopic (exact) mass is 502 g/mol. The summed E-state index contributed by atoms with van der Waals surface area (Å²) in [4.78, 5) is 6.59. The van der Waals surface area contributed by atoms with E-state index in [0.29, 0.717) is 18.0 Å². The molecule has 0 aliphatic carbocycles. The second kappa shape index (κ2) is 10.4. The van der Waals surface area contributed by atoms with Crippen molar-refractivity contribution in [1.82, 2.24) is 15.0 Å². The molecule has 0 N–H and O–H groups in total. The van der Waals surface area contributed by atoms with Crippen molar-refractivity contribution in [3.8, 4) is 22.8 Å². The molecule has 3 heterocycles. The quantitative estimate of drug-likeness (QED) is 0.441. The molecule has 0 radical (unpaired) electrons. The van der Waals surface area contributed by atoms with Gasteiger partial charge in [-0.05, 0) is 63.0 Å². The number of fused-ring (bicyclic) bond motifs is 1. The van der Waals surface area contributed by atoms with Crippen LogP contribution in [0.15, 0.2) is 53.1 Å². The molecule has 2 aromatic carbocycles. The lowest BCUT2D eigenvalue weighted by Gasteiger charge is -2.36. The maximum atomic E-state index is 13.0. The maximum absolute atomic E-state index is 13.0. The molecule has 3 aromatic rings. The molecule has 36 heavy (non-hydrogen) atoms. The Morgan fingerprint density at radius 1 is 0.972 bits per heavy atom. The molecule has 2 aliphatic rings. The third-order valence-electron chi connectivity index (χ3n) is 6.58. The van der Waals surface area contributed by atoms with Crippen molar-refractivity contribution in [2.24, 2.45) is 0 Å². The molecule has 2 aliphatic heterocycles. The zero-order valence-electron chi connectivity index (χ0n) is 20.1. The number of halogens is 3. The van der Waals surface area contributed by atoms with Gasteiger partial charge in [-0.3, -0.25) is 9.80 Å². The van der Waals surface area contributed by atoms with Gasteiger partial charge in [-0.2, -0.15) is 13.2 Å². The van der Waals surface area contributed by atoms with Crippen LogP contribution in [0.5, 0.6) is 11.5 Å². The number of piperazine rings is 1. The van der Waals surface area contributed by atoms with Gasteiger partial charge in [0.15, 0.2) is 17.3 Å². The summed E-state index contributed by atoms with van der Waals surface area (Å²) in [5.74, 6) is 2.24. The molecule has 10 heteroatoms. The predicted molar refractivity (Wildman–Crippen MR) is 129 cm³/mol. The number of benzene rings is 2. The number of rotatable bonds is 8. The first-order chi connectivity index (χ1) is 17.3. The number of alkyl halides is 3. The van der Waals surface area contributed by atoms with Gasteiger partial charge < -0.3 is 18.9 Å². The standard InChI is InChI=1S/C26H29F3N4O3/c1-31(17-22-16-23(30-36-22)19-6-7-24-25(14-19)35-18-34-24)8-3-9-32-10-12-33(13-11-32)21-5-2-4-20(15-21)26(27,28)29/h2,4-7,14-16H,3,8-13,17-18H2,1H3. The van der Waals surface area contributed by atoms with E-state index >= 15 is 0 Å². The van der Waals surface area contributed by atoms with Gasteiger partial charge >= 0.3 is 6.18 Å². The van der Waals surface area contributed by atoms with Gasteiger partial charge in [0.05, 0.1) is 12.1 Å². The number of anilines is 1. The van der Waals surface area contributed by atoms with Crippen LogP contribution in [0.4, 0.5) is 18.9 Å². The molecule has 0 bridgehead atoms. The van der Waals surface area contributed by atoms with E-state index in [1.54, 1.807) is 6.07 Å². The SMILES string of the molecule is CN(CCCN1CCN(c2cccc(C(F)(F)F)c2)CC1)Cc1cc(-c2ccc3c(c2)OCO3)no1. The van der Waals surface area contributed by atoms with E-state index in [0.717, 1.165) is 74.5 Å². The predicted octanol–water partition coefficient (Wildman–Crippen LogP) is 4.73. The third kappa shape index (κ3) is 5.76. The lowest BCUT2D eigenvalue weighted by atomic mass is 10.1. The van der Waals surface area contributed by atoms with Gasteiger partial charge in [-0.1, -0.05) is 11.2 Å². The molecule has 0 unspecified atom stereocenters. The average Bonchev–Trinajstić information content (AvgIpc) is 3.53. The van der Waals surface area contributed by atoms with E-state index in [9.17, 15) is 13.2 Å². The van der Waals surface area contributed by atoms with Crippen molar-refractivity contribution in [3.63, 3.8) is 0 Å². The molecule has 192 valence electrons. The summed E-state index contributed by atoms with van der Waals surface area (Å²) < 4.78 is 55.4. The Hall–Kier alpha value is -3.24. The van der Waals surface area contributed by atoms with Crippen LogP contribution < -0.4 is 14.4 Å². The molecule has 0 amide bonds. The van der Waals surface area contributed by atoms with Crippen LogP contribution >= 0.6 is 0 Å². The fraction of sp³-hybridized carbons (Fsp3) is 0.423. The second-order valence-corrected chi connectivity index (χ2v) is 9.21. The minimum Gasteiger partial charge on any atom is -0.454 e. The van der Waals surface area contributed by atoms with Gasteiger partial charge in [-0.15, -0.1) is 0 Å². The molecular weight excluding hydrogens is 473 g/mol. The highest BCUT2D eigenvalue weighted by Crippen LogP contribution is 2.36. The largest absolute Gasteiger partial charge is 0.454 e. The summed E-state index contributed by atoms with van der Waals surface area (Å²) in [6, 6.07) is 13.2. The molecule has 5 rings (SSSR count). The summed E-state index contributed by atoms with van der Waals surface area (Å²) in [5.41, 5.74) is 1.72. The third-order valence-corrected chi connectivity index (χ3v) is 6.58. The number of hydrogen-bond donors (Lipinski definition) is 0. The lowest BCUT2D eigenvalue weighted by Crippen LogP contribution is -2.47. The molecular formula is C26H29F3N4O3. The first-order valence-electron chi connectivity index (χ1n) is 12.0. The fourth-order valence-electron chi connectivity index (χ4n) is 4.60. The average molecular weight is 503 g/mol. The normalized spacial score (nSPS) is 16.2. The Morgan fingerprint density at radius 3 is 2.58 bits per heavy atom. The van der Waals surface area contributed by atoms with Crippen LogP contribution in [0, 0.1) is 0 Å². The summed E-state index contributed by atoms with van der Waals surface area (Å²) in [6.45, 7) is 5.84. The Morgan fingerprint density at radius 2 is 1.78 bits per heavy atom. The summed E-state index contributed by atoms with van der Waals surface area (Å²) in [7, 11) is 2.05. The van der Waals surface area contributed by atoms with Gasteiger partial charge in [0.2, 0.25) is 6.79 Å². The Labute approximate surface area is 208 Å². The minimum atomic E-state index is -4.32. The van der Waals surface area contributed by atoms with Gasteiger partial charge in [0.25, 0.3) is 0 Å². The summed E-state index contributed by atoms with van der Waals surface area (Å²) in [6.07, 6.45) is -3.33. The van der Waals surface area contributed by atoms with Crippen LogP contribution in [-0.2, 0) is 12.7 Å². The number of aromatic nitrogens is 1. The Balaban J connectivity index is 1.04. The van der Waals surface area contributed by atoms with E-state index in [4.69, 9.17) is 14.0 Å². The first-order valence-corrected chi connectivity index (χ1v) is 12.0. The van der Waals surface area contributed by atoms with Crippen molar-refractivity contribution < 1.29 is 27.2 Å². The smallest absolute Gasteiger partial charge is 0.416 e. The van der Waals surface area contributed by atoms with Crippen molar-refractivity contribution >= 4 is 5.69 Å². The van der Waals surface area contributed by atoms with Crippen LogP contribution in [0.3, 0.4) is 0 Å². The molecule has 7 nitrogen and oxygen atoms in total. The molecule has 1 fully saturated rings. The minimum absolute atomic E-state index is 0.235. The van der Waals surface area contributed by atoms with Crippen LogP contribution in [0.25, 0.3) is 11.3 Å². The zero-order chi connectivity index (χ0) is 25.1. The zero-order valence-corrected chi connectivity index (χ0v) is 20.1. The Kier molecular flexibility index (Phi) is 7.06. The summed E-state index contributed by atoms with van der Waals surface area (Å²) in [5, 5.41) is 4.20. The molecule has 1 aromatic heterocycles. The highest BCUT2D eigenvalue weighted by molar-refractivity contribution is 5.64. The molecule has 1 saturated heterocycles. The van der Waals surface area contributed by atoms with E-state index in [-0.39, 0.29) is 6.79 Å². The number of hydrogen-bond acceptors (Lipinski definition) is 7. The fourth-order valence-corrected chi connectivity index (χ4v) is 4.60. The second-order valence-electron chi connectivity index (χ2n) is 9.21. The van der Waals surface area contributed by atoms with Crippen molar-refractivity contribution in [2.45, 2.75) is 19.1 Å².